The van der Waals surface area contributed by atoms with Gasteiger partial charge in [0.05, 0.1) is 17.1 Å². The molecule has 1 aliphatic heterocycles. The van der Waals surface area contributed by atoms with Crippen LogP contribution in [0.3, 0.4) is 0 Å². The number of fused-ring (bicyclic) bond motifs is 3. The standard InChI is InChI=1S/C21H19ClF5NO5S2/c22-13-3-5-14(6-4-13)34(29,30)20-9-1-2-12(10-28-35(31,32)21(25,26)27)15(20)11-33-19-17(24)8-7-16(23)18(19)20/h3-8,12,15,28H,1-2,9-11H2/t12-,15?,20-/m0/s1. The smallest absolute Gasteiger partial charge is 0.490 e. The Morgan fingerprint density at radius 2 is 1.66 bits per heavy atom. The van der Waals surface area contributed by atoms with Crippen LogP contribution in [-0.2, 0) is 24.6 Å². The van der Waals surface area contributed by atoms with Crippen LogP contribution in [0.15, 0.2) is 41.3 Å². The van der Waals surface area contributed by atoms with Crippen LogP contribution in [0.25, 0.3) is 0 Å². The predicted octanol–water partition coefficient (Wildman–Crippen LogP) is 4.54. The molecule has 0 bridgehead atoms. The fourth-order valence-electron chi connectivity index (χ4n) is 5.05. The molecule has 35 heavy (non-hydrogen) atoms. The van der Waals surface area contributed by atoms with Gasteiger partial charge in [-0.2, -0.15) is 13.2 Å². The molecule has 2 aromatic carbocycles. The number of alkyl halides is 3. The molecular weight excluding hydrogens is 541 g/mol. The molecular formula is C21H19ClF5NO5S2. The summed E-state index contributed by atoms with van der Waals surface area (Å²) >= 11 is 5.87. The van der Waals surface area contributed by atoms with Gasteiger partial charge in [0.15, 0.2) is 21.4 Å². The molecule has 0 radical (unpaired) electrons. The third-order valence-corrected chi connectivity index (χ3v) is 10.6. The molecule has 1 aliphatic carbocycles. The van der Waals surface area contributed by atoms with Crippen LogP contribution in [-0.4, -0.2) is 35.5 Å². The van der Waals surface area contributed by atoms with Gasteiger partial charge < -0.3 is 4.74 Å². The van der Waals surface area contributed by atoms with Gasteiger partial charge in [-0.1, -0.05) is 18.0 Å². The maximum absolute atomic E-state index is 15.2. The van der Waals surface area contributed by atoms with E-state index in [-0.39, 0.29) is 29.2 Å². The van der Waals surface area contributed by atoms with Crippen molar-refractivity contribution in [2.75, 3.05) is 13.2 Å². The Hall–Kier alpha value is -1.96. The van der Waals surface area contributed by atoms with E-state index in [0.29, 0.717) is 0 Å². The highest BCUT2D eigenvalue weighted by molar-refractivity contribution is 7.92. The van der Waals surface area contributed by atoms with Gasteiger partial charge in [-0.05, 0) is 55.2 Å². The highest BCUT2D eigenvalue weighted by atomic mass is 35.5. The summed E-state index contributed by atoms with van der Waals surface area (Å²) < 4.78 is 125. The van der Waals surface area contributed by atoms with E-state index in [9.17, 15) is 34.4 Å². The first-order valence-corrected chi connectivity index (χ1v) is 13.7. The van der Waals surface area contributed by atoms with Crippen LogP contribution in [0, 0.1) is 23.5 Å². The highest BCUT2D eigenvalue weighted by Crippen LogP contribution is 2.58. The number of halogens is 6. The van der Waals surface area contributed by atoms with E-state index < -0.39 is 78.1 Å². The van der Waals surface area contributed by atoms with Gasteiger partial charge in [0.2, 0.25) is 0 Å². The van der Waals surface area contributed by atoms with Crippen molar-refractivity contribution < 1.29 is 43.5 Å². The van der Waals surface area contributed by atoms with Gasteiger partial charge in [-0.3, -0.25) is 0 Å². The summed E-state index contributed by atoms with van der Waals surface area (Å²) in [6, 6.07) is 6.56. The maximum atomic E-state index is 15.2. The number of ether oxygens (including phenoxy) is 1. The zero-order chi connectivity index (χ0) is 25.8. The maximum Gasteiger partial charge on any atom is 0.511 e. The Bertz CT molecular complexity index is 1350. The average molecular weight is 560 g/mol. The van der Waals surface area contributed by atoms with Gasteiger partial charge in [0, 0.05) is 17.5 Å². The second-order valence-corrected chi connectivity index (χ2v) is 12.8. The number of benzene rings is 2. The van der Waals surface area contributed by atoms with E-state index in [1.807, 2.05) is 0 Å². The lowest BCUT2D eigenvalue weighted by molar-refractivity contribution is -0.0450. The first-order chi connectivity index (χ1) is 16.2. The summed E-state index contributed by atoms with van der Waals surface area (Å²) in [6.45, 7) is -1.24. The largest absolute Gasteiger partial charge is 0.511 e. The Kier molecular flexibility index (Phi) is 6.61. The van der Waals surface area contributed by atoms with Gasteiger partial charge in [0.1, 0.15) is 10.6 Å². The summed E-state index contributed by atoms with van der Waals surface area (Å²) in [5, 5.41) is 0.227. The number of sulfonamides is 1. The van der Waals surface area contributed by atoms with Gasteiger partial charge in [0.25, 0.3) is 0 Å². The van der Waals surface area contributed by atoms with Crippen LogP contribution >= 0.6 is 11.6 Å². The molecule has 192 valence electrons. The van der Waals surface area contributed by atoms with Crippen LogP contribution < -0.4 is 9.46 Å². The highest BCUT2D eigenvalue weighted by Gasteiger charge is 2.61. The van der Waals surface area contributed by atoms with E-state index in [0.717, 1.165) is 12.1 Å². The quantitative estimate of drug-likeness (QED) is 0.544. The lowest BCUT2D eigenvalue weighted by Crippen LogP contribution is -2.56. The van der Waals surface area contributed by atoms with E-state index in [2.05, 4.69) is 0 Å². The second kappa shape index (κ2) is 8.86. The molecule has 1 heterocycles. The van der Waals surface area contributed by atoms with Crippen molar-refractivity contribution in [3.05, 3.63) is 58.6 Å². The van der Waals surface area contributed by atoms with Crippen molar-refractivity contribution in [2.45, 2.75) is 34.4 Å². The molecule has 0 spiro atoms. The summed E-state index contributed by atoms with van der Waals surface area (Å²) in [7, 11) is -10.2. The molecule has 6 nitrogen and oxygen atoms in total. The normalized spacial score (nSPS) is 24.9. The van der Waals surface area contributed by atoms with Gasteiger partial charge >= 0.3 is 15.5 Å². The average Bonchev–Trinajstić information content (AvgIpc) is 2.79. The predicted molar refractivity (Wildman–Crippen MR) is 116 cm³/mol. The minimum atomic E-state index is -5.71. The zero-order valence-electron chi connectivity index (χ0n) is 17.8. The van der Waals surface area contributed by atoms with E-state index in [1.165, 1.54) is 29.0 Å². The second-order valence-electron chi connectivity index (χ2n) is 8.45. The Balaban J connectivity index is 1.88. The molecule has 3 atom stereocenters. The number of rotatable bonds is 5. The lowest BCUT2D eigenvalue weighted by Gasteiger charge is -2.50. The third-order valence-electron chi connectivity index (χ3n) is 6.62. The van der Waals surface area contributed by atoms with E-state index >= 15 is 4.39 Å². The SMILES string of the molecule is O=S(=O)(NC[C@@H]1CCC[C@@]2(S(=O)(=O)c3ccc(Cl)cc3)c3c(F)ccc(F)c3OCC12)C(F)(F)F. The molecule has 1 N–H and O–H groups in total. The topological polar surface area (TPSA) is 89.5 Å². The number of hydrogen-bond acceptors (Lipinski definition) is 5. The molecule has 1 fully saturated rings. The molecule has 1 saturated carbocycles. The first-order valence-electron chi connectivity index (χ1n) is 10.4. The van der Waals surface area contributed by atoms with Crippen molar-refractivity contribution in [1.82, 2.24) is 4.72 Å². The molecule has 2 aromatic rings. The monoisotopic (exact) mass is 559 g/mol. The van der Waals surface area contributed by atoms with Crippen molar-refractivity contribution in [1.29, 1.82) is 0 Å². The van der Waals surface area contributed by atoms with Gasteiger partial charge in [-0.15, -0.1) is 0 Å². The van der Waals surface area contributed by atoms with E-state index in [4.69, 9.17) is 16.3 Å². The van der Waals surface area contributed by atoms with Crippen molar-refractivity contribution in [2.24, 2.45) is 11.8 Å². The molecule has 1 unspecified atom stereocenters. The zero-order valence-corrected chi connectivity index (χ0v) is 20.2. The number of hydrogen-bond donors (Lipinski definition) is 1. The Morgan fingerprint density at radius 3 is 2.29 bits per heavy atom. The van der Waals surface area contributed by atoms with Crippen molar-refractivity contribution in [3.63, 3.8) is 0 Å². The molecule has 14 heteroatoms. The molecule has 0 aromatic heterocycles. The minimum absolute atomic E-state index is 0.0944. The molecule has 0 saturated heterocycles. The van der Waals surface area contributed by atoms with Crippen LogP contribution in [0.1, 0.15) is 24.8 Å². The van der Waals surface area contributed by atoms with Crippen LogP contribution in [0.5, 0.6) is 5.75 Å². The minimum Gasteiger partial charge on any atom is -0.490 e. The molecule has 2 aliphatic rings. The van der Waals surface area contributed by atoms with Crippen molar-refractivity contribution in [3.8, 4) is 5.75 Å². The van der Waals surface area contributed by atoms with Crippen LogP contribution in [0.2, 0.25) is 5.02 Å². The fourth-order valence-corrected chi connectivity index (χ4v) is 8.22. The Morgan fingerprint density at radius 1 is 1.03 bits per heavy atom. The summed E-state index contributed by atoms with van der Waals surface area (Å²) in [5.74, 6) is -4.81. The van der Waals surface area contributed by atoms with Crippen LogP contribution in [0.4, 0.5) is 22.0 Å². The number of nitrogens with one attached hydrogen (secondary N) is 1. The lowest BCUT2D eigenvalue weighted by atomic mass is 9.67. The Labute approximate surface area is 203 Å². The van der Waals surface area contributed by atoms with Crippen molar-refractivity contribution >= 4 is 31.5 Å². The van der Waals surface area contributed by atoms with Gasteiger partial charge in [-0.25, -0.2) is 30.3 Å². The summed E-state index contributed by atoms with van der Waals surface area (Å²) in [6.07, 6.45) is 0.0531. The third kappa shape index (κ3) is 4.19. The summed E-state index contributed by atoms with van der Waals surface area (Å²) in [4.78, 5) is -0.250. The summed E-state index contributed by atoms with van der Waals surface area (Å²) in [5.41, 5.74) is -6.12. The molecule has 0 amide bonds. The molecule has 4 rings (SSSR count). The first kappa shape index (κ1) is 26.1. The van der Waals surface area contributed by atoms with E-state index in [1.54, 1.807) is 0 Å². The fraction of sp³-hybridized carbons (Fsp3) is 0.429. The number of sulfone groups is 1.